The summed E-state index contributed by atoms with van der Waals surface area (Å²) in [7, 11) is 6.64. The van der Waals surface area contributed by atoms with Crippen molar-refractivity contribution in [2.75, 3.05) is 47.3 Å². The van der Waals surface area contributed by atoms with Crippen LogP contribution in [0.2, 0.25) is 0 Å². The van der Waals surface area contributed by atoms with Crippen molar-refractivity contribution in [2.45, 2.75) is 33.7 Å². The highest BCUT2D eigenvalue weighted by Crippen LogP contribution is 2.10. The molecule has 2 unspecified atom stereocenters. The summed E-state index contributed by atoms with van der Waals surface area (Å²) >= 11 is 0. The predicted molar refractivity (Wildman–Crippen MR) is 67.7 cm³/mol. The van der Waals surface area contributed by atoms with Gasteiger partial charge in [-0.2, -0.15) is 5.01 Å². The van der Waals surface area contributed by atoms with Crippen LogP contribution >= 0.6 is 0 Å². The quantitative estimate of drug-likeness (QED) is 0.472. The standard InChI is InChI=1S/C12H30N3/c1-8-14(9-2)12(4)11-15(7,10-3)13(5)6/h12H,8-11H2,1-7H3/q+1. The molecule has 0 aliphatic heterocycles. The van der Waals surface area contributed by atoms with Crippen molar-refractivity contribution in [3.63, 3.8) is 0 Å². The van der Waals surface area contributed by atoms with Gasteiger partial charge in [0.2, 0.25) is 0 Å². The minimum absolute atomic E-state index is 0.646. The Bertz CT molecular complexity index is 166. The van der Waals surface area contributed by atoms with Crippen LogP contribution in [0.4, 0.5) is 0 Å². The van der Waals surface area contributed by atoms with Crippen molar-refractivity contribution in [3.8, 4) is 0 Å². The molecule has 0 aromatic heterocycles. The van der Waals surface area contributed by atoms with Crippen LogP contribution in [0.25, 0.3) is 0 Å². The van der Waals surface area contributed by atoms with E-state index < -0.39 is 0 Å². The Labute approximate surface area is 96.2 Å². The van der Waals surface area contributed by atoms with Crippen molar-refractivity contribution >= 4 is 0 Å². The molecule has 0 amide bonds. The lowest BCUT2D eigenvalue weighted by Gasteiger charge is -2.42. The molecule has 92 valence electrons. The van der Waals surface area contributed by atoms with Gasteiger partial charge in [0.1, 0.15) is 6.54 Å². The van der Waals surface area contributed by atoms with Crippen LogP contribution in [-0.2, 0) is 0 Å². The highest BCUT2D eigenvalue weighted by atomic mass is 15.7. The molecule has 0 aliphatic carbocycles. The minimum Gasteiger partial charge on any atom is -0.296 e. The molecular formula is C12H30N3+. The van der Waals surface area contributed by atoms with Crippen LogP contribution in [0.15, 0.2) is 0 Å². The summed E-state index contributed by atoms with van der Waals surface area (Å²) in [5, 5.41) is 2.31. The topological polar surface area (TPSA) is 6.48 Å². The van der Waals surface area contributed by atoms with Crippen molar-refractivity contribution in [3.05, 3.63) is 0 Å². The molecule has 0 aromatic rings. The zero-order valence-electron chi connectivity index (χ0n) is 11.7. The largest absolute Gasteiger partial charge is 0.296 e. The van der Waals surface area contributed by atoms with Gasteiger partial charge < -0.3 is 0 Å². The maximum Gasteiger partial charge on any atom is 0.112 e. The summed E-state index contributed by atoms with van der Waals surface area (Å²) in [5.41, 5.74) is 0. The Balaban J connectivity index is 4.41. The van der Waals surface area contributed by atoms with Gasteiger partial charge in [0, 0.05) is 14.1 Å². The van der Waals surface area contributed by atoms with E-state index in [9.17, 15) is 0 Å². The molecule has 15 heavy (non-hydrogen) atoms. The molecule has 0 rings (SSSR count). The molecule has 0 saturated carbocycles. The Morgan fingerprint density at radius 1 is 1.07 bits per heavy atom. The van der Waals surface area contributed by atoms with Gasteiger partial charge in [-0.05, 0) is 26.9 Å². The second-order valence-electron chi connectivity index (χ2n) is 4.76. The van der Waals surface area contributed by atoms with Crippen LogP contribution in [-0.4, -0.2) is 67.9 Å². The molecule has 3 heteroatoms. The van der Waals surface area contributed by atoms with E-state index in [0.29, 0.717) is 6.04 Å². The molecule has 0 spiro atoms. The first-order valence-electron chi connectivity index (χ1n) is 6.17. The van der Waals surface area contributed by atoms with Crippen molar-refractivity contribution in [1.82, 2.24) is 9.91 Å². The molecule has 0 bridgehead atoms. The highest BCUT2D eigenvalue weighted by molar-refractivity contribution is 4.63. The monoisotopic (exact) mass is 216 g/mol. The number of hydrogen-bond acceptors (Lipinski definition) is 2. The maximum atomic E-state index is 2.52. The van der Waals surface area contributed by atoms with Crippen LogP contribution in [0.5, 0.6) is 0 Å². The second-order valence-corrected chi connectivity index (χ2v) is 4.76. The molecular weight excluding hydrogens is 186 g/mol. The first kappa shape index (κ1) is 14.9. The Hall–Kier alpha value is -0.120. The summed E-state index contributed by atoms with van der Waals surface area (Å²) in [5.74, 6) is 0. The van der Waals surface area contributed by atoms with Gasteiger partial charge in [0.15, 0.2) is 0 Å². The van der Waals surface area contributed by atoms with Gasteiger partial charge in [0.05, 0.1) is 19.6 Å². The number of nitrogens with zero attached hydrogens (tertiary/aromatic N) is 3. The van der Waals surface area contributed by atoms with Gasteiger partial charge in [-0.3, -0.25) is 4.90 Å². The zero-order valence-corrected chi connectivity index (χ0v) is 11.7. The molecule has 0 fully saturated rings. The number of quaternary nitrogens is 1. The van der Waals surface area contributed by atoms with E-state index in [2.05, 4.69) is 58.7 Å². The number of rotatable bonds is 7. The van der Waals surface area contributed by atoms with E-state index in [-0.39, 0.29) is 0 Å². The Morgan fingerprint density at radius 3 is 1.80 bits per heavy atom. The van der Waals surface area contributed by atoms with Gasteiger partial charge in [0.25, 0.3) is 0 Å². The molecule has 3 nitrogen and oxygen atoms in total. The van der Waals surface area contributed by atoms with Gasteiger partial charge in [-0.25, -0.2) is 4.59 Å². The van der Waals surface area contributed by atoms with E-state index in [0.717, 1.165) is 24.2 Å². The van der Waals surface area contributed by atoms with Gasteiger partial charge in [-0.15, -0.1) is 0 Å². The van der Waals surface area contributed by atoms with Crippen molar-refractivity contribution in [1.29, 1.82) is 0 Å². The lowest BCUT2D eigenvalue weighted by atomic mass is 10.2. The predicted octanol–water partition coefficient (Wildman–Crippen LogP) is 1.66. The Kier molecular flexibility index (Phi) is 6.41. The van der Waals surface area contributed by atoms with Crippen LogP contribution < -0.4 is 0 Å². The molecule has 0 radical (unpaired) electrons. The lowest BCUT2D eigenvalue weighted by molar-refractivity contribution is -1.01. The third kappa shape index (κ3) is 4.09. The summed E-state index contributed by atoms with van der Waals surface area (Å²) < 4.78 is 1.01. The normalized spacial score (nSPS) is 18.2. The first-order valence-corrected chi connectivity index (χ1v) is 6.17. The summed E-state index contributed by atoms with van der Waals surface area (Å²) in [4.78, 5) is 2.52. The molecule has 0 saturated heterocycles. The Morgan fingerprint density at radius 2 is 1.53 bits per heavy atom. The van der Waals surface area contributed by atoms with E-state index in [4.69, 9.17) is 0 Å². The fourth-order valence-corrected chi connectivity index (χ4v) is 2.11. The summed E-state index contributed by atoms with van der Waals surface area (Å²) in [6.45, 7) is 13.7. The smallest absolute Gasteiger partial charge is 0.112 e. The molecule has 0 aliphatic rings. The summed E-state index contributed by atoms with van der Waals surface area (Å²) in [6.07, 6.45) is 0. The van der Waals surface area contributed by atoms with E-state index in [1.165, 1.54) is 6.54 Å². The fourth-order valence-electron chi connectivity index (χ4n) is 2.11. The number of likely N-dealkylation sites (N-methyl/N-ethyl adjacent to an activating group) is 2. The molecule has 2 atom stereocenters. The van der Waals surface area contributed by atoms with Gasteiger partial charge >= 0.3 is 0 Å². The molecule has 0 heterocycles. The zero-order chi connectivity index (χ0) is 12.1. The van der Waals surface area contributed by atoms with Crippen molar-refractivity contribution in [2.24, 2.45) is 0 Å². The van der Waals surface area contributed by atoms with E-state index in [1.807, 2.05) is 0 Å². The average Bonchev–Trinajstić information content (AvgIpc) is 2.19. The first-order chi connectivity index (χ1) is 6.91. The number of hydrogen-bond donors (Lipinski definition) is 0. The summed E-state index contributed by atoms with van der Waals surface area (Å²) in [6, 6.07) is 0.646. The lowest BCUT2D eigenvalue weighted by Crippen LogP contribution is -2.59. The van der Waals surface area contributed by atoms with Gasteiger partial charge in [-0.1, -0.05) is 13.8 Å². The second kappa shape index (κ2) is 6.46. The van der Waals surface area contributed by atoms with E-state index >= 15 is 0 Å². The maximum absolute atomic E-state index is 2.52. The van der Waals surface area contributed by atoms with Crippen LogP contribution in [0, 0.1) is 0 Å². The van der Waals surface area contributed by atoms with E-state index in [1.54, 1.807) is 0 Å². The SMILES string of the molecule is CCN(CC)C(C)C[N+](C)(CC)N(C)C. The average molecular weight is 216 g/mol. The highest BCUT2D eigenvalue weighted by Gasteiger charge is 2.27. The molecule has 0 aromatic carbocycles. The van der Waals surface area contributed by atoms with Crippen LogP contribution in [0.3, 0.4) is 0 Å². The molecule has 0 N–H and O–H groups in total. The third-order valence-electron chi connectivity index (χ3n) is 3.74. The fraction of sp³-hybridized carbons (Fsp3) is 1.00. The third-order valence-corrected chi connectivity index (χ3v) is 3.74. The van der Waals surface area contributed by atoms with Crippen LogP contribution in [0.1, 0.15) is 27.7 Å². The van der Waals surface area contributed by atoms with Crippen molar-refractivity contribution < 1.29 is 4.59 Å². The minimum atomic E-state index is 0.646.